The summed E-state index contributed by atoms with van der Waals surface area (Å²) in [5.41, 5.74) is 1.15. The first-order valence-corrected chi connectivity index (χ1v) is 10.2. The normalized spacial score (nSPS) is 10.8. The van der Waals surface area contributed by atoms with Gasteiger partial charge in [0.2, 0.25) is 5.95 Å². The van der Waals surface area contributed by atoms with E-state index in [1.54, 1.807) is 41.2 Å². The summed E-state index contributed by atoms with van der Waals surface area (Å²) in [5, 5.41) is 12.4. The number of nitrogens with one attached hydrogen (secondary N) is 1. The quantitative estimate of drug-likeness (QED) is 0.414. The zero-order valence-corrected chi connectivity index (χ0v) is 18.1. The minimum Gasteiger partial charge on any atom is -0.470 e. The summed E-state index contributed by atoms with van der Waals surface area (Å²) >= 11 is 18.1. The molecule has 31 heavy (non-hydrogen) atoms. The maximum atomic E-state index is 12.4. The molecule has 1 N–H and O–H groups in total. The molecular weight excluding hydrogens is 463 g/mol. The van der Waals surface area contributed by atoms with Crippen LogP contribution in [0, 0.1) is 0 Å². The molecule has 0 aliphatic carbocycles. The number of nitrogens with zero attached hydrogens (tertiary/aromatic N) is 5. The fraction of sp³-hybridized carbons (Fsp3) is 0.100. The Hall–Kier alpha value is -3.07. The maximum Gasteiger partial charge on any atom is 0.278 e. The molecule has 0 bridgehead atoms. The molecule has 0 spiro atoms. The fourth-order valence-corrected chi connectivity index (χ4v) is 3.26. The van der Waals surface area contributed by atoms with E-state index in [1.807, 2.05) is 18.2 Å². The van der Waals surface area contributed by atoms with Gasteiger partial charge in [-0.05, 0) is 35.9 Å². The highest BCUT2D eigenvalue weighted by Gasteiger charge is 2.13. The van der Waals surface area contributed by atoms with Crippen LogP contribution in [0.4, 0.5) is 5.95 Å². The van der Waals surface area contributed by atoms with Gasteiger partial charge in [0.05, 0.1) is 11.6 Å². The summed E-state index contributed by atoms with van der Waals surface area (Å²) in [6.45, 7) is 0.529. The van der Waals surface area contributed by atoms with E-state index in [0.29, 0.717) is 27.4 Å². The predicted molar refractivity (Wildman–Crippen MR) is 118 cm³/mol. The minimum absolute atomic E-state index is 0.0554. The number of carbonyl (C=O) groups is 1. The smallest absolute Gasteiger partial charge is 0.278 e. The number of anilines is 1. The summed E-state index contributed by atoms with van der Waals surface area (Å²) in [7, 11) is 0. The molecule has 0 saturated carbocycles. The standard InChI is InChI=1S/C20H15Cl3N6O2/c21-14-4-1-3-13(9-14)10-29-11-24-20(27-29)25-19(30)16-7-8-28(26-16)12-31-17-6-2-5-15(22)18(17)23/h1-9,11H,10,12H2,(H,25,27,30). The number of hydrogen-bond donors (Lipinski definition) is 1. The second-order valence-corrected chi connectivity index (χ2v) is 7.64. The van der Waals surface area contributed by atoms with Crippen LogP contribution in [0.2, 0.25) is 15.1 Å². The van der Waals surface area contributed by atoms with Gasteiger partial charge >= 0.3 is 0 Å². The molecule has 2 aromatic heterocycles. The van der Waals surface area contributed by atoms with Gasteiger partial charge in [0, 0.05) is 11.2 Å². The van der Waals surface area contributed by atoms with Crippen LogP contribution in [0.15, 0.2) is 61.1 Å². The van der Waals surface area contributed by atoms with Crippen LogP contribution < -0.4 is 10.1 Å². The van der Waals surface area contributed by atoms with Crippen molar-refractivity contribution in [1.29, 1.82) is 0 Å². The van der Waals surface area contributed by atoms with Gasteiger partial charge in [0.1, 0.15) is 17.1 Å². The van der Waals surface area contributed by atoms with Gasteiger partial charge in [-0.2, -0.15) is 5.10 Å². The van der Waals surface area contributed by atoms with Gasteiger partial charge in [-0.1, -0.05) is 53.0 Å². The predicted octanol–water partition coefficient (Wildman–Crippen LogP) is 4.77. The van der Waals surface area contributed by atoms with E-state index in [-0.39, 0.29) is 18.4 Å². The molecule has 0 aliphatic heterocycles. The number of benzene rings is 2. The van der Waals surface area contributed by atoms with Crippen molar-refractivity contribution in [3.8, 4) is 5.75 Å². The molecule has 4 rings (SSSR count). The summed E-state index contributed by atoms with van der Waals surface area (Å²) in [6, 6.07) is 14.1. The van der Waals surface area contributed by atoms with Gasteiger partial charge in [0.15, 0.2) is 12.4 Å². The Morgan fingerprint density at radius 3 is 2.71 bits per heavy atom. The lowest BCUT2D eigenvalue weighted by Crippen LogP contribution is -2.15. The highest BCUT2D eigenvalue weighted by molar-refractivity contribution is 6.42. The van der Waals surface area contributed by atoms with Crippen molar-refractivity contribution in [2.24, 2.45) is 0 Å². The van der Waals surface area contributed by atoms with Crippen LogP contribution in [0.1, 0.15) is 16.1 Å². The molecule has 0 atom stereocenters. The molecule has 4 aromatic rings. The van der Waals surface area contributed by atoms with Crippen molar-refractivity contribution in [2.45, 2.75) is 13.3 Å². The van der Waals surface area contributed by atoms with Gasteiger partial charge < -0.3 is 4.74 Å². The van der Waals surface area contributed by atoms with Crippen molar-refractivity contribution in [3.05, 3.63) is 87.4 Å². The number of ether oxygens (including phenoxy) is 1. The Kier molecular flexibility index (Phi) is 6.41. The number of halogens is 3. The van der Waals surface area contributed by atoms with Gasteiger partial charge in [-0.25, -0.2) is 14.3 Å². The molecule has 2 heterocycles. The van der Waals surface area contributed by atoms with Crippen LogP contribution in [-0.4, -0.2) is 30.5 Å². The monoisotopic (exact) mass is 476 g/mol. The van der Waals surface area contributed by atoms with Crippen LogP contribution in [0.5, 0.6) is 5.75 Å². The molecule has 8 nitrogen and oxygen atoms in total. The first-order chi connectivity index (χ1) is 15.0. The molecule has 11 heteroatoms. The van der Waals surface area contributed by atoms with E-state index in [0.717, 1.165) is 5.56 Å². The van der Waals surface area contributed by atoms with Crippen molar-refractivity contribution >= 4 is 46.7 Å². The number of rotatable bonds is 7. The van der Waals surface area contributed by atoms with Crippen molar-refractivity contribution in [2.75, 3.05) is 5.32 Å². The topological polar surface area (TPSA) is 86.9 Å². The summed E-state index contributed by atoms with van der Waals surface area (Å²) in [4.78, 5) is 16.5. The van der Waals surface area contributed by atoms with E-state index >= 15 is 0 Å². The van der Waals surface area contributed by atoms with Gasteiger partial charge in [-0.15, -0.1) is 5.10 Å². The van der Waals surface area contributed by atoms with Crippen LogP contribution in [0.3, 0.4) is 0 Å². The number of aromatic nitrogens is 5. The fourth-order valence-electron chi connectivity index (χ4n) is 2.70. The SMILES string of the molecule is O=C(Nc1ncn(Cc2cccc(Cl)c2)n1)c1ccn(COc2cccc(Cl)c2Cl)n1. The van der Waals surface area contributed by atoms with Crippen molar-refractivity contribution < 1.29 is 9.53 Å². The van der Waals surface area contributed by atoms with E-state index in [1.165, 1.54) is 11.0 Å². The lowest BCUT2D eigenvalue weighted by atomic mass is 10.2. The average Bonchev–Trinajstić information content (AvgIpc) is 3.39. The molecule has 0 radical (unpaired) electrons. The highest BCUT2D eigenvalue weighted by atomic mass is 35.5. The highest BCUT2D eigenvalue weighted by Crippen LogP contribution is 2.31. The number of hydrogen-bond acceptors (Lipinski definition) is 5. The third kappa shape index (κ3) is 5.35. The van der Waals surface area contributed by atoms with E-state index in [4.69, 9.17) is 39.5 Å². The third-order valence-electron chi connectivity index (χ3n) is 4.14. The molecule has 2 aromatic carbocycles. The average molecular weight is 478 g/mol. The van der Waals surface area contributed by atoms with Crippen molar-refractivity contribution in [3.63, 3.8) is 0 Å². The molecule has 158 valence electrons. The number of carbonyl (C=O) groups excluding carboxylic acids is 1. The summed E-state index contributed by atoms with van der Waals surface area (Å²) < 4.78 is 8.65. The zero-order valence-electron chi connectivity index (χ0n) is 15.9. The van der Waals surface area contributed by atoms with E-state index in [9.17, 15) is 4.79 Å². The molecule has 0 saturated heterocycles. The lowest BCUT2D eigenvalue weighted by molar-refractivity contribution is 0.101. The Morgan fingerprint density at radius 1 is 1.03 bits per heavy atom. The van der Waals surface area contributed by atoms with Crippen LogP contribution >= 0.6 is 34.8 Å². The van der Waals surface area contributed by atoms with Gasteiger partial charge in [0.25, 0.3) is 5.91 Å². The second-order valence-electron chi connectivity index (χ2n) is 6.42. The second kappa shape index (κ2) is 9.38. The first kappa shape index (κ1) is 21.2. The van der Waals surface area contributed by atoms with E-state index in [2.05, 4.69) is 20.5 Å². The minimum atomic E-state index is -0.444. The Bertz CT molecular complexity index is 1220. The van der Waals surface area contributed by atoms with E-state index < -0.39 is 5.91 Å². The molecular formula is C20H15Cl3N6O2. The Labute approximate surface area is 192 Å². The summed E-state index contributed by atoms with van der Waals surface area (Å²) in [6.07, 6.45) is 3.14. The Morgan fingerprint density at radius 2 is 1.87 bits per heavy atom. The lowest BCUT2D eigenvalue weighted by Gasteiger charge is -2.08. The molecule has 0 unspecified atom stereocenters. The Balaban J connectivity index is 1.35. The molecule has 1 amide bonds. The molecule has 0 aliphatic rings. The maximum absolute atomic E-state index is 12.4. The summed E-state index contributed by atoms with van der Waals surface area (Å²) in [5.74, 6) is 0.147. The third-order valence-corrected chi connectivity index (χ3v) is 5.17. The largest absolute Gasteiger partial charge is 0.470 e. The number of amides is 1. The van der Waals surface area contributed by atoms with Crippen LogP contribution in [0.25, 0.3) is 0 Å². The first-order valence-electron chi connectivity index (χ1n) is 9.03. The molecule has 0 fully saturated rings. The zero-order chi connectivity index (χ0) is 21.8. The van der Waals surface area contributed by atoms with Crippen LogP contribution in [-0.2, 0) is 13.3 Å². The van der Waals surface area contributed by atoms with Gasteiger partial charge in [-0.3, -0.25) is 10.1 Å². The van der Waals surface area contributed by atoms with Crippen molar-refractivity contribution in [1.82, 2.24) is 24.5 Å².